The molecule has 0 saturated carbocycles. The van der Waals surface area contributed by atoms with Gasteiger partial charge in [-0.15, -0.1) is 0 Å². The monoisotopic (exact) mass is 263 g/mol. The van der Waals surface area contributed by atoms with E-state index in [2.05, 4.69) is 0 Å². The molecule has 0 aliphatic rings. The third-order valence-electron chi connectivity index (χ3n) is 2.45. The molecule has 0 spiro atoms. The van der Waals surface area contributed by atoms with E-state index in [0.717, 1.165) is 0 Å². The fourth-order valence-electron chi connectivity index (χ4n) is 1.50. The van der Waals surface area contributed by atoms with Crippen LogP contribution < -0.4 is 0 Å². The molecule has 0 aromatic heterocycles. The van der Waals surface area contributed by atoms with Crippen LogP contribution in [0.4, 0.5) is 0 Å². The van der Waals surface area contributed by atoms with E-state index in [1.807, 2.05) is 6.92 Å². The first-order valence-corrected chi connectivity index (χ1v) is 6.01. The van der Waals surface area contributed by atoms with Crippen LogP contribution in [0.2, 0.25) is 0 Å². The Morgan fingerprint density at radius 2 is 1.72 bits per heavy atom. The van der Waals surface area contributed by atoms with Gasteiger partial charge in [0.2, 0.25) is 5.91 Å². The SMILES string of the molecule is COCCOCC(=O)N(CCOC)C(C)COC. The van der Waals surface area contributed by atoms with Crippen molar-refractivity contribution in [2.75, 3.05) is 60.9 Å². The summed E-state index contributed by atoms with van der Waals surface area (Å²) in [6.07, 6.45) is 0. The van der Waals surface area contributed by atoms with Gasteiger partial charge in [0.05, 0.1) is 32.5 Å². The Hall–Kier alpha value is -0.690. The molecule has 1 atom stereocenters. The lowest BCUT2D eigenvalue weighted by atomic mass is 10.3. The largest absolute Gasteiger partial charge is 0.383 e. The van der Waals surface area contributed by atoms with Crippen molar-refractivity contribution >= 4 is 5.91 Å². The van der Waals surface area contributed by atoms with Crippen molar-refractivity contribution in [2.24, 2.45) is 0 Å². The minimum Gasteiger partial charge on any atom is -0.383 e. The average molecular weight is 263 g/mol. The van der Waals surface area contributed by atoms with Crippen LogP contribution in [0, 0.1) is 0 Å². The second-order valence-electron chi connectivity index (χ2n) is 3.93. The second-order valence-corrected chi connectivity index (χ2v) is 3.93. The van der Waals surface area contributed by atoms with E-state index < -0.39 is 0 Å². The highest BCUT2D eigenvalue weighted by atomic mass is 16.5. The van der Waals surface area contributed by atoms with E-state index in [4.69, 9.17) is 18.9 Å². The zero-order chi connectivity index (χ0) is 13.8. The second kappa shape index (κ2) is 11.4. The molecule has 0 aliphatic carbocycles. The Kier molecular flexibility index (Phi) is 11.0. The first-order valence-electron chi connectivity index (χ1n) is 6.01. The Balaban J connectivity index is 4.13. The van der Waals surface area contributed by atoms with Crippen molar-refractivity contribution in [1.82, 2.24) is 4.90 Å². The smallest absolute Gasteiger partial charge is 0.248 e. The molecule has 0 heterocycles. The highest BCUT2D eigenvalue weighted by molar-refractivity contribution is 5.77. The Morgan fingerprint density at radius 1 is 1.06 bits per heavy atom. The van der Waals surface area contributed by atoms with Gasteiger partial charge in [-0.05, 0) is 6.92 Å². The van der Waals surface area contributed by atoms with Crippen molar-refractivity contribution in [3.63, 3.8) is 0 Å². The summed E-state index contributed by atoms with van der Waals surface area (Å²) in [4.78, 5) is 13.7. The molecule has 1 unspecified atom stereocenters. The molecule has 0 bridgehead atoms. The van der Waals surface area contributed by atoms with Gasteiger partial charge in [0.25, 0.3) is 0 Å². The van der Waals surface area contributed by atoms with Crippen LogP contribution in [0.3, 0.4) is 0 Å². The molecule has 0 aliphatic heterocycles. The number of carbonyl (C=O) groups excluding carboxylic acids is 1. The number of nitrogens with zero attached hydrogens (tertiary/aromatic N) is 1. The fraction of sp³-hybridized carbons (Fsp3) is 0.917. The van der Waals surface area contributed by atoms with Crippen LogP contribution in [0.5, 0.6) is 0 Å². The lowest BCUT2D eigenvalue weighted by Crippen LogP contribution is -2.44. The maximum absolute atomic E-state index is 12.0. The maximum Gasteiger partial charge on any atom is 0.248 e. The Bertz CT molecular complexity index is 213. The van der Waals surface area contributed by atoms with Crippen molar-refractivity contribution < 1.29 is 23.7 Å². The maximum atomic E-state index is 12.0. The zero-order valence-electron chi connectivity index (χ0n) is 11.8. The molecular formula is C12H25NO5. The van der Waals surface area contributed by atoms with E-state index >= 15 is 0 Å². The third-order valence-corrected chi connectivity index (χ3v) is 2.45. The predicted octanol–water partition coefficient (Wildman–Crippen LogP) is 0.159. The predicted molar refractivity (Wildman–Crippen MR) is 67.6 cm³/mol. The normalized spacial score (nSPS) is 12.4. The van der Waals surface area contributed by atoms with Gasteiger partial charge < -0.3 is 23.8 Å². The van der Waals surface area contributed by atoms with Gasteiger partial charge in [0.1, 0.15) is 6.61 Å². The van der Waals surface area contributed by atoms with Crippen LogP contribution in [0.15, 0.2) is 0 Å². The summed E-state index contributed by atoms with van der Waals surface area (Å²) in [5.41, 5.74) is 0. The number of carbonyl (C=O) groups is 1. The summed E-state index contributed by atoms with van der Waals surface area (Å²) in [5, 5.41) is 0. The van der Waals surface area contributed by atoms with Crippen LogP contribution in [-0.4, -0.2) is 77.8 Å². The topological polar surface area (TPSA) is 57.2 Å². The summed E-state index contributed by atoms with van der Waals surface area (Å²) in [7, 11) is 4.82. The summed E-state index contributed by atoms with van der Waals surface area (Å²) < 4.78 is 20.1. The van der Waals surface area contributed by atoms with Gasteiger partial charge in [-0.3, -0.25) is 4.79 Å². The molecule has 6 heteroatoms. The van der Waals surface area contributed by atoms with Crippen molar-refractivity contribution in [3.8, 4) is 0 Å². The van der Waals surface area contributed by atoms with E-state index in [1.54, 1.807) is 26.2 Å². The lowest BCUT2D eigenvalue weighted by molar-refractivity contribution is -0.140. The van der Waals surface area contributed by atoms with Crippen LogP contribution in [-0.2, 0) is 23.7 Å². The number of hydrogen-bond acceptors (Lipinski definition) is 5. The first kappa shape index (κ1) is 17.3. The highest BCUT2D eigenvalue weighted by Crippen LogP contribution is 2.01. The number of amides is 1. The van der Waals surface area contributed by atoms with Gasteiger partial charge in [-0.1, -0.05) is 0 Å². The molecule has 0 aromatic carbocycles. The first-order chi connectivity index (χ1) is 8.67. The highest BCUT2D eigenvalue weighted by Gasteiger charge is 2.19. The molecule has 0 aromatic rings. The Morgan fingerprint density at radius 3 is 2.28 bits per heavy atom. The number of ether oxygens (including phenoxy) is 4. The van der Waals surface area contributed by atoms with Crippen LogP contribution in [0.1, 0.15) is 6.92 Å². The van der Waals surface area contributed by atoms with E-state index in [-0.39, 0.29) is 18.6 Å². The molecule has 18 heavy (non-hydrogen) atoms. The van der Waals surface area contributed by atoms with E-state index in [0.29, 0.717) is 33.0 Å². The third kappa shape index (κ3) is 7.60. The van der Waals surface area contributed by atoms with Crippen molar-refractivity contribution in [2.45, 2.75) is 13.0 Å². The van der Waals surface area contributed by atoms with Crippen LogP contribution in [0.25, 0.3) is 0 Å². The molecule has 0 fully saturated rings. The van der Waals surface area contributed by atoms with Gasteiger partial charge in [-0.25, -0.2) is 0 Å². The molecule has 0 rings (SSSR count). The number of hydrogen-bond donors (Lipinski definition) is 0. The summed E-state index contributed by atoms with van der Waals surface area (Å²) in [6.45, 7) is 4.42. The molecule has 0 N–H and O–H groups in total. The van der Waals surface area contributed by atoms with Crippen molar-refractivity contribution in [1.29, 1.82) is 0 Å². The number of methoxy groups -OCH3 is 3. The Labute approximate surface area is 109 Å². The molecule has 0 saturated heterocycles. The molecule has 1 amide bonds. The fourth-order valence-corrected chi connectivity index (χ4v) is 1.50. The minimum atomic E-state index is -0.0623. The number of rotatable bonds is 11. The van der Waals surface area contributed by atoms with Gasteiger partial charge >= 0.3 is 0 Å². The molecular weight excluding hydrogens is 238 g/mol. The van der Waals surface area contributed by atoms with Crippen molar-refractivity contribution in [3.05, 3.63) is 0 Å². The standard InChI is InChI=1S/C12H25NO5/c1-11(9-17-4)13(5-6-15-2)12(14)10-18-8-7-16-3/h11H,5-10H2,1-4H3. The van der Waals surface area contributed by atoms with E-state index in [1.165, 1.54) is 0 Å². The zero-order valence-corrected chi connectivity index (χ0v) is 11.8. The average Bonchev–Trinajstić information content (AvgIpc) is 2.35. The molecule has 108 valence electrons. The molecule has 6 nitrogen and oxygen atoms in total. The van der Waals surface area contributed by atoms with Gasteiger partial charge in [0.15, 0.2) is 0 Å². The summed E-state index contributed by atoms with van der Waals surface area (Å²) in [5.74, 6) is -0.0623. The molecule has 0 radical (unpaired) electrons. The summed E-state index contributed by atoms with van der Waals surface area (Å²) in [6, 6.07) is 0.00340. The van der Waals surface area contributed by atoms with E-state index in [9.17, 15) is 4.79 Å². The summed E-state index contributed by atoms with van der Waals surface area (Å²) >= 11 is 0. The quantitative estimate of drug-likeness (QED) is 0.497. The van der Waals surface area contributed by atoms with Gasteiger partial charge in [-0.2, -0.15) is 0 Å². The lowest BCUT2D eigenvalue weighted by Gasteiger charge is -2.28. The van der Waals surface area contributed by atoms with Crippen LogP contribution >= 0.6 is 0 Å². The van der Waals surface area contributed by atoms with Gasteiger partial charge in [0, 0.05) is 27.9 Å². The minimum absolute atomic E-state index is 0.00340.